The molecule has 1 unspecified atom stereocenters. The Balaban J connectivity index is 2.31. The Hall–Kier alpha value is -0.720. The highest BCUT2D eigenvalue weighted by molar-refractivity contribution is 9.10. The second kappa shape index (κ2) is 6.63. The average molecular weight is 329 g/mol. The zero-order valence-electron chi connectivity index (χ0n) is 11.7. The molecule has 106 valence electrons. The maximum absolute atomic E-state index is 5.80. The minimum Gasteiger partial charge on any atom is -0.369 e. The lowest BCUT2D eigenvalue weighted by Gasteiger charge is -2.29. The smallest absolute Gasteiger partial charge is 0.161 e. The molecule has 1 saturated heterocycles. The molecule has 1 atom stereocenters. The molecule has 0 radical (unpaired) electrons. The van der Waals surface area contributed by atoms with Crippen LogP contribution in [0.5, 0.6) is 0 Å². The molecule has 0 spiro atoms. The van der Waals surface area contributed by atoms with Gasteiger partial charge in [0.05, 0.1) is 16.8 Å². The van der Waals surface area contributed by atoms with Gasteiger partial charge in [0.25, 0.3) is 0 Å². The lowest BCUT2D eigenvalue weighted by atomic mass is 10.2. The number of anilines is 1. The molecule has 19 heavy (non-hydrogen) atoms. The molecule has 0 amide bonds. The van der Waals surface area contributed by atoms with Crippen molar-refractivity contribution in [2.24, 2.45) is 0 Å². The Morgan fingerprint density at radius 2 is 2.21 bits per heavy atom. The van der Waals surface area contributed by atoms with Gasteiger partial charge in [-0.2, -0.15) is 0 Å². The van der Waals surface area contributed by atoms with Crippen LogP contribution in [-0.2, 0) is 11.2 Å². The van der Waals surface area contributed by atoms with Crippen molar-refractivity contribution < 1.29 is 4.74 Å². The normalized spacial score (nSPS) is 20.5. The molecule has 1 aromatic heterocycles. The van der Waals surface area contributed by atoms with E-state index in [0.717, 1.165) is 54.5 Å². The quantitative estimate of drug-likeness (QED) is 0.918. The van der Waals surface area contributed by atoms with Crippen molar-refractivity contribution in [1.82, 2.24) is 14.9 Å². The van der Waals surface area contributed by atoms with Crippen LogP contribution >= 0.6 is 15.9 Å². The van der Waals surface area contributed by atoms with Crippen LogP contribution < -0.4 is 5.32 Å². The zero-order valence-corrected chi connectivity index (χ0v) is 13.3. The number of rotatable bonds is 4. The Morgan fingerprint density at radius 3 is 2.84 bits per heavy atom. The topological polar surface area (TPSA) is 50.3 Å². The highest BCUT2D eigenvalue weighted by atomic mass is 79.9. The third-order valence-corrected chi connectivity index (χ3v) is 4.01. The van der Waals surface area contributed by atoms with Crippen LogP contribution in [0, 0.1) is 0 Å². The van der Waals surface area contributed by atoms with Gasteiger partial charge in [-0.05, 0) is 36.3 Å². The fraction of sp³-hybridized carbons (Fsp3) is 0.692. The summed E-state index contributed by atoms with van der Waals surface area (Å²) in [7, 11) is 2.10. The van der Waals surface area contributed by atoms with E-state index in [0.29, 0.717) is 0 Å². The van der Waals surface area contributed by atoms with Crippen LogP contribution in [0.25, 0.3) is 0 Å². The second-order valence-corrected chi connectivity index (χ2v) is 5.49. The van der Waals surface area contributed by atoms with Crippen LogP contribution in [0.2, 0.25) is 0 Å². The standard InChI is InChI=1S/C13H21BrN4O/c1-4-9-11(14)13(15-5-2)17-12(16-9)10-8-18(3)6-7-19-10/h10H,4-8H2,1-3H3,(H,15,16,17). The lowest BCUT2D eigenvalue weighted by molar-refractivity contribution is -0.0255. The minimum absolute atomic E-state index is 0.0328. The summed E-state index contributed by atoms with van der Waals surface area (Å²) < 4.78 is 6.76. The summed E-state index contributed by atoms with van der Waals surface area (Å²) in [6.07, 6.45) is 0.839. The fourth-order valence-corrected chi connectivity index (χ4v) is 2.71. The molecule has 1 aliphatic rings. The number of nitrogens with one attached hydrogen (secondary N) is 1. The molecule has 5 nitrogen and oxygen atoms in total. The van der Waals surface area contributed by atoms with Crippen LogP contribution in [-0.4, -0.2) is 48.2 Å². The van der Waals surface area contributed by atoms with Gasteiger partial charge in [-0.15, -0.1) is 0 Å². The van der Waals surface area contributed by atoms with E-state index in [9.17, 15) is 0 Å². The summed E-state index contributed by atoms with van der Waals surface area (Å²) in [4.78, 5) is 11.5. The van der Waals surface area contributed by atoms with E-state index in [4.69, 9.17) is 4.74 Å². The number of halogens is 1. The maximum Gasteiger partial charge on any atom is 0.161 e. The van der Waals surface area contributed by atoms with E-state index < -0.39 is 0 Å². The van der Waals surface area contributed by atoms with Gasteiger partial charge in [-0.3, -0.25) is 0 Å². The van der Waals surface area contributed by atoms with Gasteiger partial charge >= 0.3 is 0 Å². The highest BCUT2D eigenvalue weighted by Gasteiger charge is 2.24. The number of ether oxygens (including phenoxy) is 1. The van der Waals surface area contributed by atoms with E-state index in [1.807, 2.05) is 0 Å². The summed E-state index contributed by atoms with van der Waals surface area (Å²) in [5.74, 6) is 1.64. The number of hydrogen-bond acceptors (Lipinski definition) is 5. The van der Waals surface area contributed by atoms with E-state index in [1.54, 1.807) is 0 Å². The number of morpholine rings is 1. The summed E-state index contributed by atoms with van der Waals surface area (Å²) in [6, 6.07) is 0. The first kappa shape index (κ1) is 14.7. The van der Waals surface area contributed by atoms with Gasteiger partial charge in [0.1, 0.15) is 11.9 Å². The van der Waals surface area contributed by atoms with E-state index in [-0.39, 0.29) is 6.10 Å². The molecule has 0 aromatic carbocycles. The molecule has 1 aliphatic heterocycles. The Morgan fingerprint density at radius 1 is 1.42 bits per heavy atom. The van der Waals surface area contributed by atoms with Crippen molar-refractivity contribution in [1.29, 1.82) is 0 Å². The molecule has 1 N–H and O–H groups in total. The second-order valence-electron chi connectivity index (χ2n) is 4.70. The van der Waals surface area contributed by atoms with Crippen molar-refractivity contribution in [2.75, 3.05) is 38.6 Å². The van der Waals surface area contributed by atoms with E-state index >= 15 is 0 Å². The van der Waals surface area contributed by atoms with Crippen molar-refractivity contribution >= 4 is 21.7 Å². The van der Waals surface area contributed by atoms with Crippen molar-refractivity contribution in [3.63, 3.8) is 0 Å². The molecule has 0 aliphatic carbocycles. The first-order chi connectivity index (χ1) is 9.15. The molecular formula is C13H21BrN4O. The predicted octanol–water partition coefficient (Wildman–Crippen LogP) is 2.24. The Bertz CT molecular complexity index is 441. The summed E-state index contributed by atoms with van der Waals surface area (Å²) in [6.45, 7) is 7.54. The number of aromatic nitrogens is 2. The van der Waals surface area contributed by atoms with Crippen LogP contribution in [0.15, 0.2) is 4.47 Å². The third-order valence-electron chi connectivity index (χ3n) is 3.17. The van der Waals surface area contributed by atoms with Gasteiger partial charge in [-0.1, -0.05) is 6.92 Å². The van der Waals surface area contributed by atoms with Gasteiger partial charge in [-0.25, -0.2) is 9.97 Å². The van der Waals surface area contributed by atoms with Gasteiger partial charge in [0.2, 0.25) is 0 Å². The summed E-state index contributed by atoms with van der Waals surface area (Å²) in [5.41, 5.74) is 1.03. The SMILES string of the molecule is CCNc1nc(C2CN(C)CCO2)nc(CC)c1Br. The third kappa shape index (κ3) is 3.43. The van der Waals surface area contributed by atoms with E-state index in [2.05, 4.69) is 57.0 Å². The van der Waals surface area contributed by atoms with Crippen molar-refractivity contribution in [2.45, 2.75) is 26.4 Å². The number of nitrogens with zero attached hydrogens (tertiary/aromatic N) is 3. The zero-order chi connectivity index (χ0) is 13.8. The summed E-state index contributed by atoms with van der Waals surface area (Å²) >= 11 is 3.57. The molecule has 1 aromatic rings. The first-order valence-electron chi connectivity index (χ1n) is 6.76. The van der Waals surface area contributed by atoms with Gasteiger partial charge in [0, 0.05) is 19.6 Å². The fourth-order valence-electron chi connectivity index (χ4n) is 2.11. The molecule has 2 rings (SSSR count). The first-order valence-corrected chi connectivity index (χ1v) is 7.55. The monoisotopic (exact) mass is 328 g/mol. The molecule has 6 heteroatoms. The minimum atomic E-state index is -0.0328. The highest BCUT2D eigenvalue weighted by Crippen LogP contribution is 2.27. The van der Waals surface area contributed by atoms with Gasteiger partial charge < -0.3 is 15.0 Å². The molecular weight excluding hydrogens is 308 g/mol. The molecule has 0 saturated carbocycles. The van der Waals surface area contributed by atoms with Crippen LogP contribution in [0.1, 0.15) is 31.5 Å². The number of likely N-dealkylation sites (N-methyl/N-ethyl adjacent to an activating group) is 1. The van der Waals surface area contributed by atoms with Crippen molar-refractivity contribution in [3.05, 3.63) is 16.0 Å². The molecule has 1 fully saturated rings. The maximum atomic E-state index is 5.80. The number of aryl methyl sites for hydroxylation is 1. The van der Waals surface area contributed by atoms with Crippen LogP contribution in [0.3, 0.4) is 0 Å². The average Bonchev–Trinajstić information content (AvgIpc) is 2.41. The Kier molecular flexibility index (Phi) is 5.13. The predicted molar refractivity (Wildman–Crippen MR) is 79.5 cm³/mol. The van der Waals surface area contributed by atoms with E-state index in [1.165, 1.54) is 0 Å². The van der Waals surface area contributed by atoms with Gasteiger partial charge in [0.15, 0.2) is 5.82 Å². The number of hydrogen-bond donors (Lipinski definition) is 1. The lowest BCUT2D eigenvalue weighted by Crippen LogP contribution is -2.36. The summed E-state index contributed by atoms with van der Waals surface area (Å²) in [5, 5.41) is 3.27. The largest absolute Gasteiger partial charge is 0.369 e. The Labute approximate surface area is 122 Å². The molecule has 2 heterocycles. The molecule has 0 bridgehead atoms. The van der Waals surface area contributed by atoms with Crippen LogP contribution in [0.4, 0.5) is 5.82 Å². The van der Waals surface area contributed by atoms with Crippen molar-refractivity contribution in [3.8, 4) is 0 Å².